The lowest BCUT2D eigenvalue weighted by molar-refractivity contribution is 0.0943. The van der Waals surface area contributed by atoms with E-state index in [0.29, 0.717) is 11.1 Å². The van der Waals surface area contributed by atoms with Gasteiger partial charge in [-0.3, -0.25) is 4.79 Å². The van der Waals surface area contributed by atoms with Crippen molar-refractivity contribution in [3.63, 3.8) is 0 Å². The molecule has 0 spiro atoms. The van der Waals surface area contributed by atoms with E-state index in [2.05, 4.69) is 5.32 Å². The number of halogens is 2. The Morgan fingerprint density at radius 2 is 1.88 bits per heavy atom. The van der Waals surface area contributed by atoms with Crippen molar-refractivity contribution in [3.05, 3.63) is 35.4 Å². The third-order valence-electron chi connectivity index (χ3n) is 2.82. The second-order valence-electron chi connectivity index (χ2n) is 4.77. The van der Waals surface area contributed by atoms with Crippen LogP contribution < -0.4 is 5.32 Å². The first kappa shape index (κ1) is 12.0. The van der Waals surface area contributed by atoms with E-state index in [1.807, 2.05) is 13.8 Å². The molecule has 1 amide bonds. The summed E-state index contributed by atoms with van der Waals surface area (Å²) in [6.45, 7) is 3.74. The summed E-state index contributed by atoms with van der Waals surface area (Å²) in [6.07, 6.45) is -0.0788. The van der Waals surface area contributed by atoms with Crippen molar-refractivity contribution in [1.29, 1.82) is 0 Å². The van der Waals surface area contributed by atoms with E-state index in [4.69, 9.17) is 0 Å². The van der Waals surface area contributed by atoms with Gasteiger partial charge in [0.15, 0.2) is 0 Å². The Morgan fingerprint density at radius 1 is 1.35 bits per heavy atom. The smallest absolute Gasteiger partial charge is 0.255 e. The summed E-state index contributed by atoms with van der Waals surface area (Å²) in [7, 11) is 0. The highest BCUT2D eigenvalue weighted by molar-refractivity contribution is 5.94. The van der Waals surface area contributed by atoms with E-state index in [9.17, 15) is 13.6 Å². The Hall–Kier alpha value is -1.45. The maximum absolute atomic E-state index is 12.8. The zero-order valence-corrected chi connectivity index (χ0v) is 9.84. The second kappa shape index (κ2) is 4.09. The van der Waals surface area contributed by atoms with Crippen molar-refractivity contribution in [2.75, 3.05) is 0 Å². The van der Waals surface area contributed by atoms with E-state index >= 15 is 0 Å². The molecule has 2 nitrogen and oxygen atoms in total. The Labute approximate surface area is 99.0 Å². The van der Waals surface area contributed by atoms with Crippen molar-refractivity contribution in [1.82, 2.24) is 5.32 Å². The van der Waals surface area contributed by atoms with Crippen LogP contribution in [0.25, 0.3) is 0 Å². The van der Waals surface area contributed by atoms with Gasteiger partial charge in [-0.15, -0.1) is 0 Å². The van der Waals surface area contributed by atoms with Crippen LogP contribution in [0.4, 0.5) is 8.78 Å². The topological polar surface area (TPSA) is 29.1 Å². The van der Waals surface area contributed by atoms with Gasteiger partial charge < -0.3 is 5.32 Å². The Bertz CT molecular complexity index is 426. The number of hydrogen-bond acceptors (Lipinski definition) is 1. The minimum Gasteiger partial charge on any atom is -0.350 e. The number of benzene rings is 1. The fourth-order valence-electron chi connectivity index (χ4n) is 1.79. The minimum atomic E-state index is -2.55. The summed E-state index contributed by atoms with van der Waals surface area (Å²) in [5.41, 5.74) is 1.11. The minimum absolute atomic E-state index is 0.0648. The maximum atomic E-state index is 12.8. The number of hydrogen-bond donors (Lipinski definition) is 1. The number of nitrogens with one attached hydrogen (secondary N) is 1. The molecule has 1 unspecified atom stereocenters. The lowest BCUT2D eigenvalue weighted by atomic mass is 10.1. The maximum Gasteiger partial charge on any atom is 0.255 e. The predicted octanol–water partition coefficient (Wildman–Crippen LogP) is 2.95. The SMILES string of the molecule is CC(C)NC(=O)c1ccc(C2CC2(F)F)cc1. The molecule has 1 aliphatic rings. The first-order valence-electron chi connectivity index (χ1n) is 5.69. The Balaban J connectivity index is 2.06. The van der Waals surface area contributed by atoms with E-state index in [-0.39, 0.29) is 18.4 Å². The quantitative estimate of drug-likeness (QED) is 0.863. The Morgan fingerprint density at radius 3 is 2.29 bits per heavy atom. The molecule has 0 saturated heterocycles. The number of carbonyl (C=O) groups excluding carboxylic acids is 1. The predicted molar refractivity (Wildman–Crippen MR) is 61.3 cm³/mol. The zero-order valence-electron chi connectivity index (χ0n) is 9.84. The van der Waals surface area contributed by atoms with Crippen LogP contribution in [0.15, 0.2) is 24.3 Å². The van der Waals surface area contributed by atoms with E-state index < -0.39 is 11.8 Å². The molecular formula is C13H15F2NO. The van der Waals surface area contributed by atoms with Crippen LogP contribution in [0.3, 0.4) is 0 Å². The standard InChI is InChI=1S/C13H15F2NO/c1-8(2)16-12(17)10-5-3-9(4-6-10)11-7-13(11,14)15/h3-6,8,11H,7H2,1-2H3,(H,16,17). The van der Waals surface area contributed by atoms with Gasteiger partial charge >= 0.3 is 0 Å². The third-order valence-corrected chi connectivity index (χ3v) is 2.82. The van der Waals surface area contributed by atoms with E-state index in [0.717, 1.165) is 0 Å². The molecule has 1 fully saturated rings. The van der Waals surface area contributed by atoms with Gasteiger partial charge in [-0.05, 0) is 31.5 Å². The molecule has 1 saturated carbocycles. The molecule has 1 atom stereocenters. The molecule has 0 radical (unpaired) electrons. The zero-order chi connectivity index (χ0) is 12.6. The summed E-state index contributed by atoms with van der Waals surface area (Å²) in [6, 6.07) is 6.49. The van der Waals surface area contributed by atoms with Crippen LogP contribution >= 0.6 is 0 Å². The summed E-state index contributed by atoms with van der Waals surface area (Å²) < 4.78 is 25.7. The van der Waals surface area contributed by atoms with Crippen LogP contribution in [-0.4, -0.2) is 17.9 Å². The average molecular weight is 239 g/mol. The van der Waals surface area contributed by atoms with Crippen LogP contribution in [0.2, 0.25) is 0 Å². The lowest BCUT2D eigenvalue weighted by Crippen LogP contribution is -2.29. The van der Waals surface area contributed by atoms with Gasteiger partial charge in [0.2, 0.25) is 0 Å². The first-order valence-corrected chi connectivity index (χ1v) is 5.69. The van der Waals surface area contributed by atoms with Gasteiger partial charge in [0.25, 0.3) is 11.8 Å². The van der Waals surface area contributed by atoms with Crippen molar-refractivity contribution >= 4 is 5.91 Å². The molecule has 1 aromatic carbocycles. The van der Waals surface area contributed by atoms with Gasteiger partial charge in [-0.1, -0.05) is 12.1 Å². The van der Waals surface area contributed by atoms with Crippen LogP contribution in [0, 0.1) is 0 Å². The molecule has 0 heterocycles. The van der Waals surface area contributed by atoms with Crippen molar-refractivity contribution in [2.24, 2.45) is 0 Å². The number of amides is 1. The normalized spacial score (nSPS) is 21.4. The molecule has 1 aromatic rings. The summed E-state index contributed by atoms with van der Waals surface area (Å²) >= 11 is 0. The molecule has 0 aliphatic heterocycles. The summed E-state index contributed by atoms with van der Waals surface area (Å²) in [5, 5.41) is 2.75. The highest BCUT2D eigenvalue weighted by Gasteiger charge is 2.57. The molecule has 2 rings (SSSR count). The molecular weight excluding hydrogens is 224 g/mol. The number of carbonyl (C=O) groups is 1. The molecule has 0 aromatic heterocycles. The van der Waals surface area contributed by atoms with Crippen molar-refractivity contribution in [3.8, 4) is 0 Å². The molecule has 1 aliphatic carbocycles. The largest absolute Gasteiger partial charge is 0.350 e. The van der Waals surface area contributed by atoms with Crippen LogP contribution in [0.1, 0.15) is 42.1 Å². The average Bonchev–Trinajstić information content (AvgIpc) is 2.87. The van der Waals surface area contributed by atoms with Crippen molar-refractivity contribution < 1.29 is 13.6 Å². The molecule has 17 heavy (non-hydrogen) atoms. The summed E-state index contributed by atoms with van der Waals surface area (Å²) in [5.74, 6) is -3.39. The lowest BCUT2D eigenvalue weighted by Gasteiger charge is -2.08. The number of alkyl halides is 2. The fraction of sp³-hybridized carbons (Fsp3) is 0.462. The first-order chi connectivity index (χ1) is 7.90. The van der Waals surface area contributed by atoms with Gasteiger partial charge in [0.1, 0.15) is 0 Å². The van der Waals surface area contributed by atoms with Crippen LogP contribution in [-0.2, 0) is 0 Å². The molecule has 1 N–H and O–H groups in total. The van der Waals surface area contributed by atoms with E-state index in [1.165, 1.54) is 0 Å². The number of rotatable bonds is 3. The van der Waals surface area contributed by atoms with Crippen molar-refractivity contribution in [2.45, 2.75) is 38.2 Å². The monoisotopic (exact) mass is 239 g/mol. The molecule has 4 heteroatoms. The van der Waals surface area contributed by atoms with Crippen LogP contribution in [0.5, 0.6) is 0 Å². The highest BCUT2D eigenvalue weighted by atomic mass is 19.3. The molecule has 0 bridgehead atoms. The van der Waals surface area contributed by atoms with Gasteiger partial charge in [0, 0.05) is 18.0 Å². The third kappa shape index (κ3) is 2.62. The fourth-order valence-corrected chi connectivity index (χ4v) is 1.79. The van der Waals surface area contributed by atoms with Gasteiger partial charge in [-0.25, -0.2) is 8.78 Å². The Kier molecular flexibility index (Phi) is 2.89. The van der Waals surface area contributed by atoms with Gasteiger partial charge in [-0.2, -0.15) is 0 Å². The van der Waals surface area contributed by atoms with E-state index in [1.54, 1.807) is 24.3 Å². The summed E-state index contributed by atoms with van der Waals surface area (Å²) in [4.78, 5) is 11.6. The highest BCUT2D eigenvalue weighted by Crippen LogP contribution is 2.55. The second-order valence-corrected chi connectivity index (χ2v) is 4.77. The van der Waals surface area contributed by atoms with Gasteiger partial charge in [0.05, 0.1) is 5.92 Å². The molecule has 92 valence electrons.